The summed E-state index contributed by atoms with van der Waals surface area (Å²) in [5, 5.41) is 0. The van der Waals surface area contributed by atoms with Crippen molar-refractivity contribution in [3.8, 4) is 0 Å². The van der Waals surface area contributed by atoms with Crippen molar-refractivity contribution >= 4 is 9.84 Å². The van der Waals surface area contributed by atoms with Gasteiger partial charge < -0.3 is 4.57 Å². The Morgan fingerprint density at radius 3 is 2.30 bits per heavy atom. The van der Waals surface area contributed by atoms with E-state index in [1.165, 1.54) is 10.8 Å². The molecule has 0 aliphatic rings. The molecule has 5 nitrogen and oxygen atoms in total. The quantitative estimate of drug-likeness (QED) is 0.839. The van der Waals surface area contributed by atoms with E-state index in [1.807, 2.05) is 25.2 Å². The summed E-state index contributed by atoms with van der Waals surface area (Å²) in [6.07, 6.45) is 2.96. The van der Waals surface area contributed by atoms with E-state index in [0.29, 0.717) is 11.4 Å². The van der Waals surface area contributed by atoms with Crippen molar-refractivity contribution in [3.63, 3.8) is 0 Å². The third kappa shape index (κ3) is 4.30. The molecule has 0 saturated heterocycles. The molecule has 0 unspecified atom stereocenters. The Morgan fingerprint density at radius 2 is 1.78 bits per heavy atom. The highest BCUT2D eigenvalue weighted by atomic mass is 32.2. The molecule has 1 aromatic heterocycles. The predicted octanol–water partition coefficient (Wildman–Crippen LogP) is 1.98. The van der Waals surface area contributed by atoms with Gasteiger partial charge in [0, 0.05) is 38.2 Å². The summed E-state index contributed by atoms with van der Waals surface area (Å²) in [5.41, 5.74) is 1.96. The van der Waals surface area contributed by atoms with Crippen molar-refractivity contribution in [2.24, 2.45) is 7.05 Å². The van der Waals surface area contributed by atoms with Crippen molar-refractivity contribution in [1.29, 1.82) is 0 Å². The molecular formula is C17H22N2O3S. The van der Waals surface area contributed by atoms with Gasteiger partial charge in [-0.15, -0.1) is 0 Å². The molecule has 0 N–H and O–H groups in total. The average molecular weight is 334 g/mol. The van der Waals surface area contributed by atoms with Crippen molar-refractivity contribution in [3.05, 3.63) is 64.1 Å². The zero-order chi connectivity index (χ0) is 17.2. The molecule has 0 fully saturated rings. The van der Waals surface area contributed by atoms with Crippen molar-refractivity contribution < 1.29 is 8.42 Å². The van der Waals surface area contributed by atoms with Gasteiger partial charge in [-0.3, -0.25) is 9.69 Å². The molecular weight excluding hydrogens is 312 g/mol. The molecule has 1 aromatic carbocycles. The highest BCUT2D eigenvalue weighted by Gasteiger charge is 2.14. The first-order valence-electron chi connectivity index (χ1n) is 7.34. The summed E-state index contributed by atoms with van der Waals surface area (Å²) in [6, 6.07) is 10.6. The van der Waals surface area contributed by atoms with Crippen LogP contribution in [0, 0.1) is 0 Å². The molecule has 0 radical (unpaired) electrons. The summed E-state index contributed by atoms with van der Waals surface area (Å²) in [4.78, 5) is 14.1. The lowest BCUT2D eigenvalue weighted by molar-refractivity contribution is 0.253. The van der Waals surface area contributed by atoms with Gasteiger partial charge in [0.15, 0.2) is 9.84 Å². The van der Waals surface area contributed by atoms with Gasteiger partial charge in [-0.1, -0.05) is 12.1 Å². The topological polar surface area (TPSA) is 59.4 Å². The highest BCUT2D eigenvalue weighted by molar-refractivity contribution is 7.90. The summed E-state index contributed by atoms with van der Waals surface area (Å²) in [6.45, 7) is 2.70. The molecule has 0 saturated carbocycles. The van der Waals surface area contributed by atoms with Gasteiger partial charge in [-0.25, -0.2) is 8.42 Å². The van der Waals surface area contributed by atoms with Crippen LogP contribution < -0.4 is 5.56 Å². The zero-order valence-electron chi connectivity index (χ0n) is 13.9. The Balaban J connectivity index is 2.14. The van der Waals surface area contributed by atoms with Crippen LogP contribution >= 0.6 is 0 Å². The number of sulfone groups is 1. The Bertz CT molecular complexity index is 839. The van der Waals surface area contributed by atoms with Crippen LogP contribution in [0.1, 0.15) is 24.1 Å². The van der Waals surface area contributed by atoms with Crippen LogP contribution in [0.25, 0.3) is 0 Å². The monoisotopic (exact) mass is 334 g/mol. The lowest BCUT2D eigenvalue weighted by atomic mass is 10.1. The van der Waals surface area contributed by atoms with E-state index in [-0.39, 0.29) is 11.6 Å². The van der Waals surface area contributed by atoms with Gasteiger partial charge in [0.25, 0.3) is 5.56 Å². The predicted molar refractivity (Wildman–Crippen MR) is 91.1 cm³/mol. The second-order valence-electron chi connectivity index (χ2n) is 5.92. The van der Waals surface area contributed by atoms with Crippen molar-refractivity contribution in [2.75, 3.05) is 13.3 Å². The van der Waals surface area contributed by atoms with Crippen molar-refractivity contribution in [1.82, 2.24) is 9.47 Å². The number of aromatic nitrogens is 1. The number of aryl methyl sites for hydroxylation is 1. The Labute approximate surface area is 137 Å². The van der Waals surface area contributed by atoms with Gasteiger partial charge in [0.2, 0.25) is 0 Å². The minimum Gasteiger partial charge on any atom is -0.319 e. The average Bonchev–Trinajstić information content (AvgIpc) is 2.49. The van der Waals surface area contributed by atoms with Gasteiger partial charge in [0.1, 0.15) is 0 Å². The lowest BCUT2D eigenvalue weighted by Crippen LogP contribution is -2.24. The fourth-order valence-corrected chi connectivity index (χ4v) is 2.99. The maximum Gasteiger partial charge on any atom is 0.250 e. The van der Waals surface area contributed by atoms with E-state index in [0.717, 1.165) is 11.1 Å². The van der Waals surface area contributed by atoms with E-state index < -0.39 is 9.84 Å². The van der Waals surface area contributed by atoms with E-state index in [2.05, 4.69) is 11.8 Å². The fraction of sp³-hybridized carbons (Fsp3) is 0.353. The summed E-state index contributed by atoms with van der Waals surface area (Å²) >= 11 is 0. The zero-order valence-corrected chi connectivity index (χ0v) is 14.7. The van der Waals surface area contributed by atoms with Gasteiger partial charge in [-0.05, 0) is 43.3 Å². The van der Waals surface area contributed by atoms with E-state index >= 15 is 0 Å². The Kier molecular flexibility index (Phi) is 5.06. The molecule has 0 aliphatic heterocycles. The number of hydrogen-bond donors (Lipinski definition) is 0. The van der Waals surface area contributed by atoms with Crippen LogP contribution in [-0.2, 0) is 23.4 Å². The van der Waals surface area contributed by atoms with Crippen LogP contribution in [0.4, 0.5) is 0 Å². The molecule has 0 amide bonds. The van der Waals surface area contributed by atoms with Crippen LogP contribution in [0.15, 0.2) is 52.3 Å². The molecule has 124 valence electrons. The molecule has 0 aliphatic carbocycles. The Hall–Kier alpha value is -1.92. The third-order valence-electron chi connectivity index (χ3n) is 4.05. The molecule has 0 bridgehead atoms. The molecule has 0 spiro atoms. The van der Waals surface area contributed by atoms with E-state index in [1.54, 1.807) is 31.4 Å². The number of nitrogens with zero attached hydrogens (tertiary/aromatic N) is 2. The molecule has 1 atom stereocenters. The molecule has 23 heavy (non-hydrogen) atoms. The minimum absolute atomic E-state index is 0.0268. The standard InChI is InChI=1S/C17H22N2O3S/c1-13(15-5-7-16(8-6-15)23(4,21)22)19(3)12-14-9-10-18(2)17(20)11-14/h5-11,13H,12H2,1-4H3/t13-/m1/s1. The van der Waals surface area contributed by atoms with E-state index in [9.17, 15) is 13.2 Å². The minimum atomic E-state index is -3.17. The largest absolute Gasteiger partial charge is 0.319 e. The second kappa shape index (κ2) is 6.68. The van der Waals surface area contributed by atoms with Crippen LogP contribution in [-0.4, -0.2) is 31.2 Å². The molecule has 2 rings (SSSR count). The summed E-state index contributed by atoms with van der Waals surface area (Å²) in [7, 11) is 0.529. The maximum absolute atomic E-state index is 11.7. The SMILES string of the molecule is C[C@H](c1ccc(S(C)(=O)=O)cc1)N(C)Cc1ccn(C)c(=O)c1. The first-order valence-corrected chi connectivity index (χ1v) is 9.23. The summed E-state index contributed by atoms with van der Waals surface area (Å²) < 4.78 is 24.6. The smallest absolute Gasteiger partial charge is 0.250 e. The number of hydrogen-bond acceptors (Lipinski definition) is 4. The molecule has 1 heterocycles. The van der Waals surface area contributed by atoms with Gasteiger partial charge in [-0.2, -0.15) is 0 Å². The van der Waals surface area contributed by atoms with Gasteiger partial charge in [0.05, 0.1) is 4.90 Å². The van der Waals surface area contributed by atoms with Crippen LogP contribution in [0.2, 0.25) is 0 Å². The first-order chi connectivity index (χ1) is 10.7. The number of benzene rings is 1. The number of pyridine rings is 1. The van der Waals surface area contributed by atoms with Crippen LogP contribution in [0.5, 0.6) is 0 Å². The van der Waals surface area contributed by atoms with Gasteiger partial charge >= 0.3 is 0 Å². The van der Waals surface area contributed by atoms with Crippen molar-refractivity contribution in [2.45, 2.75) is 24.4 Å². The summed E-state index contributed by atoms with van der Waals surface area (Å²) in [5.74, 6) is 0. The fourth-order valence-electron chi connectivity index (χ4n) is 2.36. The second-order valence-corrected chi connectivity index (χ2v) is 7.93. The molecule has 2 aromatic rings. The first kappa shape index (κ1) is 17.4. The third-order valence-corrected chi connectivity index (χ3v) is 5.18. The normalized spacial score (nSPS) is 13.3. The van der Waals surface area contributed by atoms with E-state index in [4.69, 9.17) is 0 Å². The lowest BCUT2D eigenvalue weighted by Gasteiger charge is -2.25. The molecule has 6 heteroatoms. The maximum atomic E-state index is 11.7. The van der Waals surface area contributed by atoms with Crippen LogP contribution in [0.3, 0.4) is 0 Å². The highest BCUT2D eigenvalue weighted by Crippen LogP contribution is 2.22. The Morgan fingerprint density at radius 1 is 1.17 bits per heavy atom. The number of rotatable bonds is 5.